The molecule has 0 radical (unpaired) electrons. The number of Topliss-reactive ketones (excluding diaryl/α,β-unsaturated/α-hetero) is 3. The Labute approximate surface area is 143 Å². The van der Waals surface area contributed by atoms with Gasteiger partial charge in [-0.1, -0.05) is 0 Å². The van der Waals surface area contributed by atoms with Crippen molar-refractivity contribution in [1.29, 1.82) is 0 Å². The van der Waals surface area contributed by atoms with E-state index in [1.807, 2.05) is 0 Å². The quantitative estimate of drug-likeness (QED) is 0.867. The lowest BCUT2D eigenvalue weighted by Gasteiger charge is -2.23. The number of aromatic nitrogens is 4. The SMILES string of the molecule is CC(=O)CC1CC(n2cnc3c(=O)[nH]cnc32)C(C(C)=O)C1C(C)=O. The second-order valence-corrected chi connectivity index (χ2v) is 6.80. The van der Waals surface area contributed by atoms with Crippen LogP contribution >= 0.6 is 0 Å². The van der Waals surface area contributed by atoms with E-state index in [-0.39, 0.29) is 46.8 Å². The number of imidazole rings is 1. The van der Waals surface area contributed by atoms with E-state index in [4.69, 9.17) is 0 Å². The smallest absolute Gasteiger partial charge is 0.278 e. The lowest BCUT2D eigenvalue weighted by molar-refractivity contribution is -0.131. The highest BCUT2D eigenvalue weighted by Gasteiger charge is 2.49. The van der Waals surface area contributed by atoms with E-state index < -0.39 is 11.8 Å². The fraction of sp³-hybridized carbons (Fsp3) is 0.529. The van der Waals surface area contributed by atoms with Crippen molar-refractivity contribution < 1.29 is 14.4 Å². The summed E-state index contributed by atoms with van der Waals surface area (Å²) in [5.41, 5.74) is 0.217. The minimum atomic E-state index is -0.555. The highest BCUT2D eigenvalue weighted by Crippen LogP contribution is 2.47. The number of hydrogen-bond acceptors (Lipinski definition) is 6. The molecule has 2 aromatic heterocycles. The first-order chi connectivity index (χ1) is 11.8. The Morgan fingerprint density at radius 2 is 1.84 bits per heavy atom. The first-order valence-electron chi connectivity index (χ1n) is 8.21. The van der Waals surface area contributed by atoms with Crippen LogP contribution in [0.15, 0.2) is 17.4 Å². The van der Waals surface area contributed by atoms with Gasteiger partial charge in [-0.25, -0.2) is 9.97 Å². The zero-order valence-corrected chi connectivity index (χ0v) is 14.4. The van der Waals surface area contributed by atoms with E-state index in [0.29, 0.717) is 12.1 Å². The minimum Gasteiger partial charge on any atom is -0.311 e. The molecule has 0 spiro atoms. The molecule has 8 heteroatoms. The average molecular weight is 344 g/mol. The number of aromatic amines is 1. The molecule has 1 saturated carbocycles. The third kappa shape index (κ3) is 2.92. The van der Waals surface area contributed by atoms with Gasteiger partial charge < -0.3 is 14.3 Å². The number of H-pyrrole nitrogens is 1. The molecule has 2 aromatic rings. The molecule has 1 N–H and O–H groups in total. The van der Waals surface area contributed by atoms with E-state index in [1.54, 1.807) is 4.57 Å². The average Bonchev–Trinajstić information content (AvgIpc) is 3.08. The molecule has 0 amide bonds. The van der Waals surface area contributed by atoms with Crippen LogP contribution in [0.5, 0.6) is 0 Å². The van der Waals surface area contributed by atoms with Crippen LogP contribution in [0.2, 0.25) is 0 Å². The van der Waals surface area contributed by atoms with Gasteiger partial charge in [0.1, 0.15) is 17.3 Å². The van der Waals surface area contributed by atoms with E-state index in [1.165, 1.54) is 33.4 Å². The summed E-state index contributed by atoms with van der Waals surface area (Å²) < 4.78 is 1.70. The summed E-state index contributed by atoms with van der Waals surface area (Å²) in [7, 11) is 0. The van der Waals surface area contributed by atoms with Gasteiger partial charge in [0, 0.05) is 24.3 Å². The second-order valence-electron chi connectivity index (χ2n) is 6.80. The van der Waals surface area contributed by atoms with Gasteiger partial charge in [0.25, 0.3) is 5.56 Å². The van der Waals surface area contributed by atoms with Gasteiger partial charge in [0.2, 0.25) is 0 Å². The molecule has 1 fully saturated rings. The van der Waals surface area contributed by atoms with Crippen LogP contribution < -0.4 is 5.56 Å². The molecule has 2 heterocycles. The number of carbonyl (C=O) groups excluding carboxylic acids is 3. The zero-order valence-electron chi connectivity index (χ0n) is 14.4. The van der Waals surface area contributed by atoms with E-state index >= 15 is 0 Å². The first-order valence-corrected chi connectivity index (χ1v) is 8.21. The van der Waals surface area contributed by atoms with Crippen LogP contribution in [0.25, 0.3) is 11.2 Å². The zero-order chi connectivity index (χ0) is 18.3. The monoisotopic (exact) mass is 344 g/mol. The van der Waals surface area contributed by atoms with Gasteiger partial charge in [0.05, 0.1) is 12.7 Å². The summed E-state index contributed by atoms with van der Waals surface area (Å²) in [5, 5.41) is 0. The molecule has 0 aliphatic heterocycles. The van der Waals surface area contributed by atoms with Crippen molar-refractivity contribution in [1.82, 2.24) is 19.5 Å². The molecule has 0 saturated heterocycles. The Morgan fingerprint density at radius 1 is 1.16 bits per heavy atom. The van der Waals surface area contributed by atoms with Crippen molar-refractivity contribution in [2.24, 2.45) is 17.8 Å². The standard InChI is InChI=1S/C17H20N4O4/c1-8(22)4-11-5-12(14(10(3)24)13(11)9(2)23)21-7-20-15-16(21)18-6-19-17(15)25/h6-7,11-14H,4-5H2,1-3H3,(H,18,19,25). The first kappa shape index (κ1) is 17.2. The van der Waals surface area contributed by atoms with Gasteiger partial charge in [-0.3, -0.25) is 14.4 Å². The number of fused-ring (bicyclic) bond motifs is 1. The van der Waals surface area contributed by atoms with Crippen LogP contribution in [0.4, 0.5) is 0 Å². The molecule has 4 unspecified atom stereocenters. The summed E-state index contributed by atoms with van der Waals surface area (Å²) in [5.74, 6) is -1.48. The van der Waals surface area contributed by atoms with E-state index in [9.17, 15) is 19.2 Å². The van der Waals surface area contributed by atoms with Gasteiger partial charge in [-0.2, -0.15) is 0 Å². The van der Waals surface area contributed by atoms with Gasteiger partial charge in [-0.15, -0.1) is 0 Å². The molecule has 0 aromatic carbocycles. The number of nitrogens with one attached hydrogen (secondary N) is 1. The molecule has 4 atom stereocenters. The summed E-state index contributed by atoms with van der Waals surface area (Å²) >= 11 is 0. The predicted octanol–water partition coefficient (Wildman–Crippen LogP) is 1.07. The molecule has 1 aliphatic carbocycles. The molecular formula is C17H20N4O4. The van der Waals surface area contributed by atoms with Crippen molar-refractivity contribution in [3.05, 3.63) is 23.0 Å². The molecule has 8 nitrogen and oxygen atoms in total. The molecular weight excluding hydrogens is 324 g/mol. The summed E-state index contributed by atoms with van der Waals surface area (Å²) in [4.78, 5) is 58.8. The topological polar surface area (TPSA) is 115 Å². The fourth-order valence-electron chi connectivity index (χ4n) is 4.22. The maximum Gasteiger partial charge on any atom is 0.278 e. The van der Waals surface area contributed by atoms with E-state index in [0.717, 1.165) is 0 Å². The Bertz CT molecular complexity index is 913. The number of nitrogens with zero attached hydrogens (tertiary/aromatic N) is 3. The lowest BCUT2D eigenvalue weighted by atomic mass is 9.81. The van der Waals surface area contributed by atoms with Crippen LogP contribution in [0.3, 0.4) is 0 Å². The molecule has 132 valence electrons. The van der Waals surface area contributed by atoms with Crippen LogP contribution in [0.1, 0.15) is 39.7 Å². The summed E-state index contributed by atoms with van der Waals surface area (Å²) in [6.45, 7) is 4.41. The highest BCUT2D eigenvalue weighted by molar-refractivity contribution is 5.89. The second kappa shape index (κ2) is 6.34. The lowest BCUT2D eigenvalue weighted by Crippen LogP contribution is -2.31. The predicted molar refractivity (Wildman–Crippen MR) is 88.9 cm³/mol. The van der Waals surface area contributed by atoms with Crippen molar-refractivity contribution in [2.75, 3.05) is 0 Å². The van der Waals surface area contributed by atoms with Gasteiger partial charge in [-0.05, 0) is 33.1 Å². The van der Waals surface area contributed by atoms with Crippen LogP contribution in [0, 0.1) is 17.8 Å². The Morgan fingerprint density at radius 3 is 2.44 bits per heavy atom. The number of carbonyl (C=O) groups is 3. The Kier molecular flexibility index (Phi) is 4.36. The van der Waals surface area contributed by atoms with Gasteiger partial charge >= 0.3 is 0 Å². The molecule has 25 heavy (non-hydrogen) atoms. The number of ketones is 3. The van der Waals surface area contributed by atoms with Crippen LogP contribution in [-0.4, -0.2) is 36.9 Å². The third-order valence-corrected chi connectivity index (χ3v) is 5.06. The Hall–Kier alpha value is -2.64. The third-order valence-electron chi connectivity index (χ3n) is 5.06. The summed E-state index contributed by atoms with van der Waals surface area (Å²) in [6, 6.07) is -0.352. The fourth-order valence-corrected chi connectivity index (χ4v) is 4.22. The molecule has 0 bridgehead atoms. The van der Waals surface area contributed by atoms with E-state index in [2.05, 4.69) is 15.0 Å². The highest BCUT2D eigenvalue weighted by atomic mass is 16.1. The maximum atomic E-state index is 12.3. The number of rotatable bonds is 5. The van der Waals surface area contributed by atoms with Crippen molar-refractivity contribution in [2.45, 2.75) is 39.7 Å². The van der Waals surface area contributed by atoms with Crippen molar-refractivity contribution in [3.8, 4) is 0 Å². The Balaban J connectivity index is 2.11. The summed E-state index contributed by atoms with van der Waals surface area (Å²) in [6.07, 6.45) is 3.52. The van der Waals surface area contributed by atoms with Gasteiger partial charge in [0.15, 0.2) is 11.2 Å². The van der Waals surface area contributed by atoms with Crippen molar-refractivity contribution >= 4 is 28.5 Å². The molecule has 1 aliphatic rings. The largest absolute Gasteiger partial charge is 0.311 e. The normalized spacial score (nSPS) is 26.0. The van der Waals surface area contributed by atoms with Crippen molar-refractivity contribution in [3.63, 3.8) is 0 Å². The van der Waals surface area contributed by atoms with Crippen LogP contribution in [-0.2, 0) is 14.4 Å². The maximum absolute atomic E-state index is 12.3. The number of hydrogen-bond donors (Lipinski definition) is 1. The molecule has 3 rings (SSSR count). The minimum absolute atomic E-state index is 0.00994.